The van der Waals surface area contributed by atoms with Crippen LogP contribution in [-0.2, 0) is 51.1 Å². The van der Waals surface area contributed by atoms with Crippen LogP contribution in [0.5, 0.6) is 0 Å². The van der Waals surface area contributed by atoms with Gasteiger partial charge in [0.1, 0.15) is 5.41 Å². The van der Waals surface area contributed by atoms with E-state index in [1.807, 2.05) is 102 Å². The number of rotatable bonds is 4. The first kappa shape index (κ1) is 32.8. The van der Waals surface area contributed by atoms with Crippen LogP contribution in [0.25, 0.3) is 0 Å². The van der Waals surface area contributed by atoms with Crippen LogP contribution in [0.15, 0.2) is 60.7 Å². The normalized spacial score (nSPS) is 14.1. The van der Waals surface area contributed by atoms with Crippen LogP contribution in [0, 0.1) is 5.92 Å². The van der Waals surface area contributed by atoms with Crippen molar-refractivity contribution in [3.63, 3.8) is 0 Å². The number of benzene rings is 2. The number of hydrogen-bond acceptors (Lipinski definition) is 2. The molecule has 0 bridgehead atoms. The molecule has 1 heterocycles. The summed E-state index contributed by atoms with van der Waals surface area (Å²) in [5, 5.41) is 3.36. The fraction of sp³-hybridized carbons (Fsp3) is 0.458. The standard InChI is InChI=1S/C18H20N2O.3C2H6.2Re/c19-17(21)18(16-11-12-20-13-16,14-7-3-1-4-8-14)15-9-5-2-6-10-15;3*1-2;;/h1-10,16,20H,11-13H2,(H2,19,21);3*1-2H3;;. The molecule has 3 nitrogen and oxygen atoms in total. The predicted molar refractivity (Wildman–Crippen MR) is 118 cm³/mol. The van der Waals surface area contributed by atoms with E-state index in [2.05, 4.69) is 5.32 Å². The zero-order chi connectivity index (χ0) is 20.7. The Hall–Kier alpha value is -0.805. The van der Waals surface area contributed by atoms with Crippen molar-refractivity contribution in [2.24, 2.45) is 11.7 Å². The third kappa shape index (κ3) is 8.09. The molecule has 164 valence electrons. The molecule has 0 aromatic heterocycles. The predicted octanol–water partition coefficient (Wildman–Crippen LogP) is 5.14. The molecule has 1 fully saturated rings. The van der Waals surface area contributed by atoms with Crippen LogP contribution in [-0.4, -0.2) is 19.0 Å². The Labute approximate surface area is 205 Å². The molecule has 1 aliphatic heterocycles. The van der Waals surface area contributed by atoms with Gasteiger partial charge in [-0.3, -0.25) is 4.79 Å². The molecular formula is C24H38N2ORe2. The van der Waals surface area contributed by atoms with Gasteiger partial charge in [-0.15, -0.1) is 0 Å². The van der Waals surface area contributed by atoms with Gasteiger partial charge in [-0.1, -0.05) is 102 Å². The van der Waals surface area contributed by atoms with Crippen LogP contribution < -0.4 is 11.1 Å². The van der Waals surface area contributed by atoms with Gasteiger partial charge in [0.2, 0.25) is 5.91 Å². The largest absolute Gasteiger partial charge is 0.369 e. The van der Waals surface area contributed by atoms with E-state index in [-0.39, 0.29) is 52.7 Å². The van der Waals surface area contributed by atoms with Crippen LogP contribution >= 0.6 is 0 Å². The third-order valence-corrected chi connectivity index (χ3v) is 4.52. The molecule has 0 saturated carbocycles. The summed E-state index contributed by atoms with van der Waals surface area (Å²) in [6, 6.07) is 19.9. The average molecular weight is 743 g/mol. The van der Waals surface area contributed by atoms with Crippen LogP contribution in [0.2, 0.25) is 0 Å². The molecule has 5 heteroatoms. The zero-order valence-electron chi connectivity index (χ0n) is 18.7. The summed E-state index contributed by atoms with van der Waals surface area (Å²) in [4.78, 5) is 12.6. The van der Waals surface area contributed by atoms with Crippen molar-refractivity contribution >= 4 is 5.91 Å². The number of carbonyl (C=O) groups excluding carboxylic acids is 1. The van der Waals surface area contributed by atoms with E-state index in [9.17, 15) is 4.79 Å². The number of nitrogens with two attached hydrogens (primary N) is 1. The summed E-state index contributed by atoms with van der Waals surface area (Å²) in [5.74, 6) is -0.0894. The molecule has 0 spiro atoms. The minimum absolute atomic E-state index is 0. The molecule has 1 aliphatic rings. The van der Waals surface area contributed by atoms with E-state index >= 15 is 0 Å². The second-order valence-electron chi connectivity index (χ2n) is 5.59. The number of amides is 1. The Morgan fingerprint density at radius 2 is 1.21 bits per heavy atom. The molecule has 2 aromatic carbocycles. The summed E-state index contributed by atoms with van der Waals surface area (Å²) < 4.78 is 0. The quantitative estimate of drug-likeness (QED) is 0.457. The molecular weight excluding hydrogens is 705 g/mol. The SMILES string of the molecule is CC.CC.CC.NC(=O)C(c1ccccc1)(c1ccccc1)C1CCNC1.[Re].[Re]. The fourth-order valence-corrected chi connectivity index (χ4v) is 3.55. The van der Waals surface area contributed by atoms with Gasteiger partial charge < -0.3 is 11.1 Å². The van der Waals surface area contributed by atoms with E-state index in [1.165, 1.54) is 0 Å². The number of primary amides is 1. The molecule has 3 N–H and O–H groups in total. The molecule has 29 heavy (non-hydrogen) atoms. The van der Waals surface area contributed by atoms with Crippen molar-refractivity contribution in [1.29, 1.82) is 0 Å². The minimum Gasteiger partial charge on any atom is -0.369 e. The second-order valence-corrected chi connectivity index (χ2v) is 5.59. The van der Waals surface area contributed by atoms with Crippen molar-refractivity contribution in [2.75, 3.05) is 13.1 Å². The first-order valence-electron chi connectivity index (χ1n) is 10.4. The van der Waals surface area contributed by atoms with Gasteiger partial charge in [-0.25, -0.2) is 0 Å². The van der Waals surface area contributed by atoms with Crippen molar-refractivity contribution in [2.45, 2.75) is 53.4 Å². The Morgan fingerprint density at radius 1 is 0.828 bits per heavy atom. The summed E-state index contributed by atoms with van der Waals surface area (Å²) in [6.07, 6.45) is 0.951. The molecule has 1 amide bonds. The average Bonchev–Trinajstić information content (AvgIpc) is 3.29. The van der Waals surface area contributed by atoms with Crippen molar-refractivity contribution < 1.29 is 45.6 Å². The first-order valence-corrected chi connectivity index (χ1v) is 10.4. The van der Waals surface area contributed by atoms with E-state index in [1.54, 1.807) is 0 Å². The minimum atomic E-state index is -0.758. The Balaban J connectivity index is -0.000000776. The molecule has 1 atom stereocenters. The van der Waals surface area contributed by atoms with Gasteiger partial charge >= 0.3 is 0 Å². The second kappa shape index (κ2) is 19.2. The van der Waals surface area contributed by atoms with E-state index < -0.39 is 5.41 Å². The molecule has 1 unspecified atom stereocenters. The van der Waals surface area contributed by atoms with Crippen molar-refractivity contribution in [1.82, 2.24) is 5.32 Å². The topological polar surface area (TPSA) is 55.1 Å². The van der Waals surface area contributed by atoms with E-state index in [4.69, 9.17) is 5.73 Å². The van der Waals surface area contributed by atoms with Gasteiger partial charge in [0.15, 0.2) is 0 Å². The summed E-state index contributed by atoms with van der Waals surface area (Å²) >= 11 is 0. The smallest absolute Gasteiger partial charge is 0.232 e. The monoisotopic (exact) mass is 744 g/mol. The van der Waals surface area contributed by atoms with Crippen molar-refractivity contribution in [3.05, 3.63) is 71.8 Å². The van der Waals surface area contributed by atoms with Crippen molar-refractivity contribution in [3.8, 4) is 0 Å². The van der Waals surface area contributed by atoms with Crippen LogP contribution in [0.4, 0.5) is 0 Å². The maximum Gasteiger partial charge on any atom is 0.232 e. The van der Waals surface area contributed by atoms with E-state index in [0.29, 0.717) is 0 Å². The maximum absolute atomic E-state index is 12.6. The summed E-state index contributed by atoms with van der Waals surface area (Å²) in [5.41, 5.74) is 7.16. The van der Waals surface area contributed by atoms with Gasteiger partial charge in [0, 0.05) is 40.8 Å². The molecule has 3 rings (SSSR count). The van der Waals surface area contributed by atoms with Gasteiger partial charge in [0.25, 0.3) is 0 Å². The van der Waals surface area contributed by atoms with Gasteiger partial charge in [0.05, 0.1) is 0 Å². The van der Waals surface area contributed by atoms with Gasteiger partial charge in [-0.05, 0) is 36.6 Å². The first-order chi connectivity index (χ1) is 13.3. The van der Waals surface area contributed by atoms with Crippen LogP contribution in [0.3, 0.4) is 0 Å². The van der Waals surface area contributed by atoms with E-state index in [0.717, 1.165) is 30.6 Å². The fourth-order valence-electron chi connectivity index (χ4n) is 3.55. The number of carbonyl (C=O) groups is 1. The molecule has 0 aliphatic carbocycles. The number of hydrogen-bond donors (Lipinski definition) is 2. The Morgan fingerprint density at radius 3 is 1.48 bits per heavy atom. The summed E-state index contributed by atoms with van der Waals surface area (Å²) in [7, 11) is 0. The third-order valence-electron chi connectivity index (χ3n) is 4.52. The summed E-state index contributed by atoms with van der Waals surface area (Å²) in [6.45, 7) is 13.7. The maximum atomic E-state index is 12.6. The molecule has 2 radical (unpaired) electrons. The number of nitrogens with one attached hydrogen (secondary N) is 1. The zero-order valence-corrected chi connectivity index (χ0v) is 24.1. The van der Waals surface area contributed by atoms with Crippen LogP contribution in [0.1, 0.15) is 59.1 Å². The molecule has 2 aromatic rings. The Kier molecular flexibility index (Phi) is 21.7. The Bertz CT molecular complexity index is 576. The molecule has 1 saturated heterocycles. The van der Waals surface area contributed by atoms with Gasteiger partial charge in [-0.2, -0.15) is 0 Å².